The molecule has 0 fully saturated rings. The summed E-state index contributed by atoms with van der Waals surface area (Å²) < 4.78 is 25.4. The molecule has 4 nitrogen and oxygen atoms in total. The lowest BCUT2D eigenvalue weighted by molar-refractivity contribution is -0.619. The molecule has 0 atom stereocenters. The molecule has 0 amide bonds. The van der Waals surface area contributed by atoms with Crippen molar-refractivity contribution in [3.63, 3.8) is 0 Å². The fourth-order valence-electron chi connectivity index (χ4n) is 2.08. The zero-order valence-electron chi connectivity index (χ0n) is 10.4. The Kier molecular flexibility index (Phi) is 2.91. The van der Waals surface area contributed by atoms with Crippen LogP contribution in [0.5, 0.6) is 0 Å². The summed E-state index contributed by atoms with van der Waals surface area (Å²) in [6.45, 7) is 0. The molecule has 20 heavy (non-hydrogen) atoms. The van der Waals surface area contributed by atoms with Crippen LogP contribution in [0.3, 0.4) is 0 Å². The Balaban J connectivity index is 2.28. The number of nitrogens with zero attached hydrogens (tertiary/aromatic N) is 1. The van der Waals surface area contributed by atoms with E-state index in [1.54, 1.807) is 48.5 Å². The average molecular weight is 285 g/mol. The molecule has 3 rings (SSSR count). The zero-order valence-corrected chi connectivity index (χ0v) is 11.2. The molecule has 0 unspecified atom stereocenters. The molecule has 100 valence electrons. The van der Waals surface area contributed by atoms with Crippen LogP contribution >= 0.6 is 0 Å². The van der Waals surface area contributed by atoms with Gasteiger partial charge in [-0.1, -0.05) is 30.3 Å². The molecule has 0 saturated heterocycles. The average Bonchev–Trinajstić information content (AvgIpc) is 2.48. The molecule has 0 N–H and O–H groups in total. The van der Waals surface area contributed by atoms with E-state index in [1.807, 2.05) is 0 Å². The summed E-state index contributed by atoms with van der Waals surface area (Å²) >= 11 is 0. The zero-order chi connectivity index (χ0) is 14.2. The van der Waals surface area contributed by atoms with Crippen molar-refractivity contribution < 1.29 is 13.1 Å². The number of aromatic nitrogens is 1. The van der Waals surface area contributed by atoms with E-state index < -0.39 is 9.84 Å². The van der Waals surface area contributed by atoms with Crippen LogP contribution in [0.15, 0.2) is 76.7 Å². The molecular formula is C15H11NO3S. The van der Waals surface area contributed by atoms with Crippen molar-refractivity contribution in [2.24, 2.45) is 0 Å². The summed E-state index contributed by atoms with van der Waals surface area (Å²) in [6, 6.07) is 17.8. The summed E-state index contributed by atoms with van der Waals surface area (Å²) in [6.07, 6.45) is 0. The molecule has 0 aliphatic carbocycles. The Bertz CT molecular complexity index is 874. The third-order valence-electron chi connectivity index (χ3n) is 3.09. The Labute approximate surface area is 116 Å². The number of rotatable bonds is 2. The number of sulfone groups is 1. The van der Waals surface area contributed by atoms with Gasteiger partial charge in [0, 0.05) is 17.5 Å². The minimum atomic E-state index is -3.81. The molecule has 0 bridgehead atoms. The molecule has 2 aromatic carbocycles. The van der Waals surface area contributed by atoms with Crippen molar-refractivity contribution in [1.29, 1.82) is 0 Å². The predicted molar refractivity (Wildman–Crippen MR) is 74.8 cm³/mol. The smallest absolute Gasteiger partial charge is 0.313 e. The number of para-hydroxylation sites is 1. The Morgan fingerprint density at radius 3 is 2.20 bits per heavy atom. The first-order chi connectivity index (χ1) is 9.60. The first-order valence-corrected chi connectivity index (χ1v) is 7.50. The van der Waals surface area contributed by atoms with Gasteiger partial charge < -0.3 is 5.21 Å². The van der Waals surface area contributed by atoms with E-state index in [4.69, 9.17) is 0 Å². The standard InChI is InChI=1S/C15H11NO3S/c17-16-14-9-5-4-6-12(14)10-11-15(16)20(18,19)13-7-2-1-3-8-13/h1-11H. The molecule has 3 aromatic rings. The van der Waals surface area contributed by atoms with Crippen LogP contribution in [-0.4, -0.2) is 8.42 Å². The van der Waals surface area contributed by atoms with Crippen LogP contribution in [0.25, 0.3) is 10.9 Å². The lowest BCUT2D eigenvalue weighted by Gasteiger charge is -2.08. The van der Waals surface area contributed by atoms with E-state index in [0.717, 1.165) is 0 Å². The third kappa shape index (κ3) is 1.92. The Morgan fingerprint density at radius 1 is 0.800 bits per heavy atom. The summed E-state index contributed by atoms with van der Waals surface area (Å²) in [7, 11) is -3.81. The van der Waals surface area contributed by atoms with Gasteiger partial charge in [0.2, 0.25) is 5.52 Å². The highest BCUT2D eigenvalue weighted by Gasteiger charge is 2.27. The number of hydrogen-bond donors (Lipinski definition) is 0. The van der Waals surface area contributed by atoms with Crippen LogP contribution in [0, 0.1) is 5.21 Å². The van der Waals surface area contributed by atoms with E-state index in [2.05, 4.69) is 0 Å². The van der Waals surface area contributed by atoms with Gasteiger partial charge in [0.15, 0.2) is 0 Å². The maximum absolute atomic E-state index is 12.5. The quantitative estimate of drug-likeness (QED) is 0.536. The van der Waals surface area contributed by atoms with Gasteiger partial charge in [0.1, 0.15) is 0 Å². The van der Waals surface area contributed by atoms with E-state index in [1.165, 1.54) is 18.2 Å². The molecule has 0 spiro atoms. The van der Waals surface area contributed by atoms with Crippen molar-refractivity contribution in [2.45, 2.75) is 9.92 Å². The highest BCUT2D eigenvalue weighted by atomic mass is 32.2. The SMILES string of the molecule is O=S(=O)(c1ccccc1)c1ccc2ccccc2[n+]1[O-]. The summed E-state index contributed by atoms with van der Waals surface area (Å²) in [5, 5.41) is 12.7. The van der Waals surface area contributed by atoms with Crippen LogP contribution < -0.4 is 4.73 Å². The summed E-state index contributed by atoms with van der Waals surface area (Å²) in [4.78, 5) is 0.111. The second-order valence-electron chi connectivity index (χ2n) is 4.34. The lowest BCUT2D eigenvalue weighted by Crippen LogP contribution is -2.34. The van der Waals surface area contributed by atoms with Gasteiger partial charge in [-0.3, -0.25) is 0 Å². The molecule has 1 aromatic heterocycles. The molecular weight excluding hydrogens is 274 g/mol. The van der Waals surface area contributed by atoms with Gasteiger partial charge in [-0.15, -0.1) is 0 Å². The van der Waals surface area contributed by atoms with Crippen molar-refractivity contribution in [2.75, 3.05) is 0 Å². The van der Waals surface area contributed by atoms with Gasteiger partial charge in [0.25, 0.3) is 9.84 Å². The maximum Gasteiger partial charge on any atom is 0.313 e. The lowest BCUT2D eigenvalue weighted by atomic mass is 10.2. The third-order valence-corrected chi connectivity index (χ3v) is 4.84. The summed E-state index contributed by atoms with van der Waals surface area (Å²) in [5.74, 6) is 0. The number of pyridine rings is 1. The molecule has 0 aliphatic heterocycles. The van der Waals surface area contributed by atoms with Gasteiger partial charge in [-0.25, -0.2) is 8.42 Å². The minimum absolute atomic E-state index is 0.111. The van der Waals surface area contributed by atoms with E-state index >= 15 is 0 Å². The van der Waals surface area contributed by atoms with Gasteiger partial charge in [-0.2, -0.15) is 4.73 Å². The maximum atomic E-state index is 12.5. The largest absolute Gasteiger partial charge is 0.617 e. The van der Waals surface area contributed by atoms with Crippen LogP contribution in [0.2, 0.25) is 0 Å². The minimum Gasteiger partial charge on any atom is -0.617 e. The first kappa shape index (κ1) is 12.6. The van der Waals surface area contributed by atoms with Gasteiger partial charge in [-0.05, 0) is 24.3 Å². The fourth-order valence-corrected chi connectivity index (χ4v) is 3.40. The fraction of sp³-hybridized carbons (Fsp3) is 0. The number of hydrogen-bond acceptors (Lipinski definition) is 3. The highest BCUT2D eigenvalue weighted by molar-refractivity contribution is 7.91. The monoisotopic (exact) mass is 285 g/mol. The molecule has 5 heteroatoms. The normalized spacial score (nSPS) is 11.6. The van der Waals surface area contributed by atoms with Crippen molar-refractivity contribution in [1.82, 2.24) is 0 Å². The van der Waals surface area contributed by atoms with Crippen molar-refractivity contribution in [3.8, 4) is 0 Å². The van der Waals surface area contributed by atoms with Crippen LogP contribution in [0.1, 0.15) is 0 Å². The van der Waals surface area contributed by atoms with Gasteiger partial charge in [0.05, 0.1) is 4.90 Å². The second-order valence-corrected chi connectivity index (χ2v) is 6.24. The topological polar surface area (TPSA) is 61.1 Å². The van der Waals surface area contributed by atoms with Crippen molar-refractivity contribution >= 4 is 20.7 Å². The van der Waals surface area contributed by atoms with Gasteiger partial charge >= 0.3 is 5.03 Å². The molecule has 1 heterocycles. The highest BCUT2D eigenvalue weighted by Crippen LogP contribution is 2.20. The van der Waals surface area contributed by atoms with Crippen LogP contribution in [0.4, 0.5) is 0 Å². The van der Waals surface area contributed by atoms with E-state index in [-0.39, 0.29) is 9.92 Å². The Hall–Kier alpha value is -2.40. The number of benzene rings is 2. The van der Waals surface area contributed by atoms with E-state index in [0.29, 0.717) is 15.6 Å². The molecule has 0 aliphatic rings. The predicted octanol–water partition coefficient (Wildman–Crippen LogP) is 2.31. The molecule has 0 radical (unpaired) electrons. The molecule has 0 saturated carbocycles. The van der Waals surface area contributed by atoms with Crippen molar-refractivity contribution in [3.05, 3.63) is 71.9 Å². The number of fused-ring (bicyclic) bond motifs is 1. The first-order valence-electron chi connectivity index (χ1n) is 6.02. The Morgan fingerprint density at radius 2 is 1.45 bits per heavy atom. The van der Waals surface area contributed by atoms with Crippen LogP contribution in [-0.2, 0) is 9.84 Å². The van der Waals surface area contributed by atoms with E-state index in [9.17, 15) is 13.6 Å². The second kappa shape index (κ2) is 4.61. The summed E-state index contributed by atoms with van der Waals surface area (Å²) in [5.41, 5.74) is 0.338.